The van der Waals surface area contributed by atoms with Gasteiger partial charge in [0.25, 0.3) is 11.6 Å². The number of nitro benzene ring substituents is 1. The number of non-ortho nitro benzene ring substituents is 1. The third-order valence-electron chi connectivity index (χ3n) is 2.44. The van der Waals surface area contributed by atoms with Gasteiger partial charge in [-0.05, 0) is 17.3 Å². The van der Waals surface area contributed by atoms with Gasteiger partial charge >= 0.3 is 6.16 Å². The third kappa shape index (κ3) is 4.97. The van der Waals surface area contributed by atoms with E-state index in [-0.39, 0.29) is 36.5 Å². The monoisotopic (exact) mass is 324 g/mol. The van der Waals surface area contributed by atoms with Crippen molar-refractivity contribution >= 4 is 11.8 Å². The van der Waals surface area contributed by atoms with Crippen LogP contribution in [-0.4, -0.2) is 30.1 Å². The van der Waals surface area contributed by atoms with Crippen LogP contribution in [0.3, 0.4) is 0 Å². The Labute approximate surface area is 129 Å². The molecular weight excluding hydrogens is 312 g/mol. The molecule has 0 radical (unpaired) electrons. The van der Waals surface area contributed by atoms with E-state index in [0.29, 0.717) is 0 Å². The summed E-state index contributed by atoms with van der Waals surface area (Å²) >= 11 is 0. The summed E-state index contributed by atoms with van der Waals surface area (Å²) in [4.78, 5) is 21.4. The molecule has 0 amide bonds. The van der Waals surface area contributed by atoms with E-state index >= 15 is 0 Å². The SMILES string of the molecule is COCOc1cc(COC(=O)Oc2ccc([N+](=O)[O-])cc2)on1. The number of carbonyl (C=O) groups excluding carboxylic acids is 1. The van der Waals surface area contributed by atoms with E-state index in [1.807, 2.05) is 0 Å². The average Bonchev–Trinajstić information content (AvgIpc) is 2.99. The van der Waals surface area contributed by atoms with E-state index in [1.54, 1.807) is 0 Å². The third-order valence-corrected chi connectivity index (χ3v) is 2.44. The van der Waals surface area contributed by atoms with Crippen LogP contribution in [0, 0.1) is 10.1 Å². The van der Waals surface area contributed by atoms with Crippen LogP contribution in [0.2, 0.25) is 0 Å². The van der Waals surface area contributed by atoms with E-state index in [0.717, 1.165) is 0 Å². The smallest absolute Gasteiger partial charge is 0.448 e. The number of nitro groups is 1. The highest BCUT2D eigenvalue weighted by atomic mass is 16.7. The van der Waals surface area contributed by atoms with Gasteiger partial charge in [-0.15, -0.1) is 0 Å². The average molecular weight is 324 g/mol. The molecule has 0 fully saturated rings. The van der Waals surface area contributed by atoms with Gasteiger partial charge in [-0.1, -0.05) is 0 Å². The number of aromatic nitrogens is 1. The first-order valence-corrected chi connectivity index (χ1v) is 6.25. The molecule has 0 saturated carbocycles. The first-order valence-electron chi connectivity index (χ1n) is 6.25. The molecule has 0 aliphatic rings. The maximum Gasteiger partial charge on any atom is 0.514 e. The minimum Gasteiger partial charge on any atom is -0.448 e. The summed E-state index contributed by atoms with van der Waals surface area (Å²) in [5.74, 6) is 0.549. The number of carbonyl (C=O) groups is 1. The van der Waals surface area contributed by atoms with Gasteiger partial charge in [-0.2, -0.15) is 0 Å². The molecule has 0 N–H and O–H groups in total. The molecule has 0 unspecified atom stereocenters. The second-order valence-corrected chi connectivity index (χ2v) is 4.07. The summed E-state index contributed by atoms with van der Waals surface area (Å²) in [6.07, 6.45) is -0.991. The van der Waals surface area contributed by atoms with Crippen molar-refractivity contribution in [3.8, 4) is 11.6 Å². The fourth-order valence-electron chi connectivity index (χ4n) is 1.44. The van der Waals surface area contributed by atoms with Gasteiger partial charge in [0.2, 0.25) is 0 Å². The van der Waals surface area contributed by atoms with E-state index in [1.165, 1.54) is 37.4 Å². The maximum atomic E-state index is 11.5. The summed E-state index contributed by atoms with van der Waals surface area (Å²) in [5.41, 5.74) is -0.115. The Bertz CT molecular complexity index is 667. The molecule has 0 saturated heterocycles. The van der Waals surface area contributed by atoms with E-state index < -0.39 is 11.1 Å². The standard InChI is InChI=1S/C13H12N2O8/c1-19-8-21-12-6-11(23-14-12)7-20-13(16)22-10-4-2-9(3-5-10)15(17)18/h2-6H,7-8H2,1H3. The highest BCUT2D eigenvalue weighted by Crippen LogP contribution is 2.18. The Morgan fingerprint density at radius 3 is 2.74 bits per heavy atom. The molecule has 1 aromatic heterocycles. The zero-order valence-corrected chi connectivity index (χ0v) is 12.0. The van der Waals surface area contributed by atoms with Gasteiger partial charge in [0, 0.05) is 25.3 Å². The van der Waals surface area contributed by atoms with Crippen LogP contribution in [0.15, 0.2) is 34.9 Å². The van der Waals surface area contributed by atoms with Crippen molar-refractivity contribution in [2.45, 2.75) is 6.61 Å². The number of benzene rings is 1. The Hall–Kier alpha value is -3.14. The second kappa shape index (κ2) is 7.75. The summed E-state index contributed by atoms with van der Waals surface area (Å²) in [6.45, 7) is -0.204. The Balaban J connectivity index is 1.80. The van der Waals surface area contributed by atoms with E-state index in [4.69, 9.17) is 23.5 Å². The van der Waals surface area contributed by atoms with Gasteiger partial charge < -0.3 is 23.5 Å². The van der Waals surface area contributed by atoms with Gasteiger partial charge in [-0.25, -0.2) is 4.79 Å². The summed E-state index contributed by atoms with van der Waals surface area (Å²) in [6, 6.07) is 6.41. The Morgan fingerprint density at radius 1 is 1.35 bits per heavy atom. The number of nitrogens with zero attached hydrogens (tertiary/aromatic N) is 2. The first kappa shape index (κ1) is 16.2. The highest BCUT2D eigenvalue weighted by Gasteiger charge is 2.12. The first-order chi connectivity index (χ1) is 11.1. The van der Waals surface area contributed by atoms with Crippen molar-refractivity contribution in [1.29, 1.82) is 0 Å². The summed E-state index contributed by atoms with van der Waals surface area (Å²) in [5, 5.41) is 14.1. The predicted octanol–water partition coefficient (Wildman–Crippen LogP) is 2.28. The fraction of sp³-hybridized carbons (Fsp3) is 0.231. The topological polar surface area (TPSA) is 123 Å². The van der Waals surface area contributed by atoms with Crippen molar-refractivity contribution in [1.82, 2.24) is 5.16 Å². The lowest BCUT2D eigenvalue weighted by molar-refractivity contribution is -0.384. The van der Waals surface area contributed by atoms with E-state index in [9.17, 15) is 14.9 Å². The lowest BCUT2D eigenvalue weighted by Crippen LogP contribution is -2.10. The zero-order valence-electron chi connectivity index (χ0n) is 12.0. The molecule has 23 heavy (non-hydrogen) atoms. The number of rotatable bonds is 7. The number of methoxy groups -OCH3 is 1. The van der Waals surface area contributed by atoms with Crippen LogP contribution in [0.5, 0.6) is 11.6 Å². The molecule has 2 aromatic rings. The van der Waals surface area contributed by atoms with Crippen molar-refractivity contribution < 1.29 is 33.2 Å². The number of hydrogen-bond donors (Lipinski definition) is 0. The Kier molecular flexibility index (Phi) is 5.47. The van der Waals surface area contributed by atoms with Crippen molar-refractivity contribution in [3.05, 3.63) is 46.2 Å². The van der Waals surface area contributed by atoms with Crippen molar-refractivity contribution in [2.24, 2.45) is 0 Å². The molecular formula is C13H12N2O8. The molecule has 122 valence electrons. The number of ether oxygens (including phenoxy) is 4. The van der Waals surface area contributed by atoms with Gasteiger partial charge in [-0.3, -0.25) is 10.1 Å². The van der Waals surface area contributed by atoms with Gasteiger partial charge in [0.05, 0.1) is 4.92 Å². The maximum absolute atomic E-state index is 11.5. The minimum atomic E-state index is -0.991. The largest absolute Gasteiger partial charge is 0.514 e. The van der Waals surface area contributed by atoms with E-state index in [2.05, 4.69) is 5.16 Å². The van der Waals surface area contributed by atoms with Crippen LogP contribution < -0.4 is 9.47 Å². The molecule has 0 bridgehead atoms. The molecule has 1 heterocycles. The molecule has 0 spiro atoms. The minimum absolute atomic E-state index is 0.00894. The lowest BCUT2D eigenvalue weighted by atomic mass is 10.3. The summed E-state index contributed by atoms with van der Waals surface area (Å²) in [7, 11) is 1.46. The molecule has 1 aromatic carbocycles. The van der Waals surface area contributed by atoms with Crippen LogP contribution in [0.1, 0.15) is 5.76 Å². The van der Waals surface area contributed by atoms with Gasteiger partial charge in [0.1, 0.15) is 5.75 Å². The van der Waals surface area contributed by atoms with Crippen LogP contribution in [0.4, 0.5) is 10.5 Å². The van der Waals surface area contributed by atoms with Crippen LogP contribution in [-0.2, 0) is 16.1 Å². The molecule has 0 aliphatic carbocycles. The highest BCUT2D eigenvalue weighted by molar-refractivity contribution is 5.63. The van der Waals surface area contributed by atoms with Crippen molar-refractivity contribution in [3.63, 3.8) is 0 Å². The van der Waals surface area contributed by atoms with Crippen LogP contribution in [0.25, 0.3) is 0 Å². The predicted molar refractivity (Wildman–Crippen MR) is 72.9 cm³/mol. The Morgan fingerprint density at radius 2 is 2.09 bits per heavy atom. The van der Waals surface area contributed by atoms with Crippen molar-refractivity contribution in [2.75, 3.05) is 13.9 Å². The summed E-state index contributed by atoms with van der Waals surface area (Å²) < 4.78 is 24.2. The van der Waals surface area contributed by atoms with Crippen LogP contribution >= 0.6 is 0 Å². The normalized spacial score (nSPS) is 10.1. The fourth-order valence-corrected chi connectivity index (χ4v) is 1.44. The zero-order chi connectivity index (χ0) is 16.7. The molecule has 10 heteroatoms. The van der Waals surface area contributed by atoms with Gasteiger partial charge in [0.15, 0.2) is 19.2 Å². The molecule has 10 nitrogen and oxygen atoms in total. The quantitative estimate of drug-likeness (QED) is 0.248. The lowest BCUT2D eigenvalue weighted by Gasteiger charge is -2.03. The molecule has 0 aliphatic heterocycles. The molecule has 2 rings (SSSR count). The molecule has 0 atom stereocenters. The number of hydrogen-bond acceptors (Lipinski definition) is 9. The second-order valence-electron chi connectivity index (χ2n) is 4.07.